The van der Waals surface area contributed by atoms with Crippen molar-refractivity contribution in [3.8, 4) is 0 Å². The average molecular weight is 359 g/mol. The van der Waals surface area contributed by atoms with Gasteiger partial charge in [0.05, 0.1) is 17.5 Å². The maximum absolute atomic E-state index is 14.4. The summed E-state index contributed by atoms with van der Waals surface area (Å²) in [6, 6.07) is 10.6. The number of amides is 2. The number of alkyl halides is 2. The van der Waals surface area contributed by atoms with Gasteiger partial charge in [0.1, 0.15) is 5.69 Å². The van der Waals surface area contributed by atoms with Crippen LogP contribution < -0.4 is 0 Å². The van der Waals surface area contributed by atoms with Crippen LogP contribution in [0.1, 0.15) is 23.3 Å². The Balaban J connectivity index is 1.67. The number of halogens is 2. The molecule has 5 nitrogen and oxygen atoms in total. The third-order valence-corrected chi connectivity index (χ3v) is 5.34. The number of benzene rings is 1. The van der Waals surface area contributed by atoms with E-state index in [1.807, 2.05) is 12.1 Å². The molecule has 2 saturated heterocycles. The highest BCUT2D eigenvalue weighted by Crippen LogP contribution is 2.45. The van der Waals surface area contributed by atoms with Gasteiger partial charge in [0, 0.05) is 31.9 Å². The smallest absolute Gasteiger partial charge is 0.272 e. The number of pyridine rings is 1. The normalized spacial score (nSPS) is 25.3. The van der Waals surface area contributed by atoms with Gasteiger partial charge in [-0.15, -0.1) is 0 Å². The monoisotopic (exact) mass is 359 g/mol. The fourth-order valence-corrected chi connectivity index (χ4v) is 4.10. The Kier molecular flexibility index (Phi) is 3.71. The van der Waals surface area contributed by atoms with Crippen LogP contribution in [-0.4, -0.2) is 59.2 Å². The van der Waals surface area contributed by atoms with Crippen LogP contribution in [-0.2, 0) is 4.79 Å². The molecule has 2 amide bonds. The number of likely N-dealkylation sites (tertiary alicyclic amines) is 2. The van der Waals surface area contributed by atoms with Gasteiger partial charge in [0.25, 0.3) is 11.8 Å². The number of hydrogen-bond donors (Lipinski definition) is 0. The van der Waals surface area contributed by atoms with Crippen LogP contribution in [0.15, 0.2) is 36.4 Å². The van der Waals surface area contributed by atoms with Gasteiger partial charge in [-0.2, -0.15) is 0 Å². The molecule has 0 saturated carbocycles. The van der Waals surface area contributed by atoms with Crippen LogP contribution in [0.2, 0.25) is 0 Å². The number of carbonyl (C=O) groups excluding carboxylic acids is 2. The number of nitrogens with zero attached hydrogens (tertiary/aromatic N) is 3. The van der Waals surface area contributed by atoms with Crippen molar-refractivity contribution < 1.29 is 18.4 Å². The molecule has 2 aliphatic heterocycles. The van der Waals surface area contributed by atoms with E-state index in [9.17, 15) is 18.4 Å². The Morgan fingerprint density at radius 3 is 2.65 bits per heavy atom. The fourth-order valence-electron chi connectivity index (χ4n) is 4.10. The maximum Gasteiger partial charge on any atom is 0.272 e. The van der Waals surface area contributed by atoms with Gasteiger partial charge in [-0.1, -0.05) is 24.3 Å². The van der Waals surface area contributed by atoms with Gasteiger partial charge in [-0.3, -0.25) is 9.59 Å². The molecule has 3 heterocycles. The van der Waals surface area contributed by atoms with Gasteiger partial charge < -0.3 is 9.80 Å². The molecular formula is C19H19F2N3O2. The Labute approximate surface area is 149 Å². The molecule has 0 bridgehead atoms. The lowest BCUT2D eigenvalue weighted by molar-refractivity contribution is -0.150. The van der Waals surface area contributed by atoms with Crippen molar-refractivity contribution in [2.45, 2.75) is 18.8 Å². The molecule has 0 aliphatic carbocycles. The predicted octanol–water partition coefficient (Wildman–Crippen LogP) is 2.56. The quantitative estimate of drug-likeness (QED) is 0.786. The summed E-state index contributed by atoms with van der Waals surface area (Å²) in [5.74, 6) is -3.95. The van der Waals surface area contributed by atoms with Crippen LogP contribution in [0.5, 0.6) is 0 Å². The first-order valence-corrected chi connectivity index (χ1v) is 8.58. The van der Waals surface area contributed by atoms with Gasteiger partial charge in [0.2, 0.25) is 5.91 Å². The largest absolute Gasteiger partial charge is 0.345 e. The third-order valence-electron chi connectivity index (χ3n) is 5.34. The van der Waals surface area contributed by atoms with Gasteiger partial charge >= 0.3 is 0 Å². The number of fused-ring (bicyclic) bond motifs is 1. The highest BCUT2D eigenvalue weighted by molar-refractivity contribution is 5.96. The summed E-state index contributed by atoms with van der Waals surface area (Å²) in [4.78, 5) is 32.2. The van der Waals surface area contributed by atoms with Crippen LogP contribution in [0, 0.1) is 5.41 Å². The first-order chi connectivity index (χ1) is 12.3. The summed E-state index contributed by atoms with van der Waals surface area (Å²) in [6.45, 7) is -0.233. The van der Waals surface area contributed by atoms with E-state index in [2.05, 4.69) is 4.98 Å². The molecule has 2 fully saturated rings. The topological polar surface area (TPSA) is 53.5 Å². The number of rotatable bonds is 1. The Bertz CT molecular complexity index is 901. The fraction of sp³-hybridized carbons (Fsp3) is 0.421. The number of carbonyl (C=O) groups is 2. The van der Waals surface area contributed by atoms with Gasteiger partial charge in [-0.25, -0.2) is 13.8 Å². The molecule has 0 N–H and O–H groups in total. The number of hydrogen-bond acceptors (Lipinski definition) is 3. The van der Waals surface area contributed by atoms with E-state index >= 15 is 0 Å². The molecule has 26 heavy (non-hydrogen) atoms. The lowest BCUT2D eigenvalue weighted by Gasteiger charge is -2.42. The van der Waals surface area contributed by atoms with Crippen LogP contribution in [0.3, 0.4) is 0 Å². The molecule has 7 heteroatoms. The molecule has 0 unspecified atom stereocenters. The van der Waals surface area contributed by atoms with E-state index in [1.165, 1.54) is 4.90 Å². The average Bonchev–Trinajstić information content (AvgIpc) is 2.87. The van der Waals surface area contributed by atoms with E-state index in [0.29, 0.717) is 18.5 Å². The van der Waals surface area contributed by atoms with Crippen LogP contribution in [0.4, 0.5) is 8.78 Å². The van der Waals surface area contributed by atoms with Crippen LogP contribution in [0.25, 0.3) is 10.9 Å². The number of aromatic nitrogens is 1. The number of piperidine rings is 1. The minimum absolute atomic E-state index is 0.0130. The molecule has 2 aromatic rings. The highest BCUT2D eigenvalue weighted by atomic mass is 19.3. The minimum atomic E-state index is -3.09. The van der Waals surface area contributed by atoms with E-state index in [1.54, 1.807) is 31.3 Å². The van der Waals surface area contributed by atoms with Gasteiger partial charge in [-0.05, 0) is 18.6 Å². The summed E-state index contributed by atoms with van der Waals surface area (Å²) < 4.78 is 28.8. The lowest BCUT2D eigenvalue weighted by Crippen LogP contribution is -2.57. The van der Waals surface area contributed by atoms with Crippen molar-refractivity contribution in [1.29, 1.82) is 0 Å². The highest BCUT2D eigenvalue weighted by Gasteiger charge is 2.57. The standard InChI is InChI=1S/C19H19F2N3O2/c1-23-9-8-18(17(23)26)10-19(20,21)12-24(11-18)16(25)15-7-6-13-4-2-3-5-14(13)22-15/h2-7H,8-12H2,1H3/t18-/m1/s1. The second kappa shape index (κ2) is 5.72. The van der Waals surface area contributed by atoms with Crippen molar-refractivity contribution in [3.63, 3.8) is 0 Å². The van der Waals surface area contributed by atoms with E-state index in [0.717, 1.165) is 10.3 Å². The summed E-state index contributed by atoms with van der Waals surface area (Å²) >= 11 is 0. The second-order valence-electron chi connectivity index (χ2n) is 7.34. The Hall–Kier alpha value is -2.57. The van der Waals surface area contributed by atoms with Crippen molar-refractivity contribution >= 4 is 22.7 Å². The zero-order valence-electron chi connectivity index (χ0n) is 14.4. The summed E-state index contributed by atoms with van der Waals surface area (Å²) in [5.41, 5.74) is -0.438. The van der Waals surface area contributed by atoms with Crippen LogP contribution >= 0.6 is 0 Å². The second-order valence-corrected chi connectivity index (χ2v) is 7.34. The van der Waals surface area contributed by atoms with Crippen molar-refractivity contribution in [1.82, 2.24) is 14.8 Å². The van der Waals surface area contributed by atoms with Crippen molar-refractivity contribution in [3.05, 3.63) is 42.1 Å². The molecule has 0 radical (unpaired) electrons. The van der Waals surface area contributed by atoms with E-state index in [4.69, 9.17) is 0 Å². The van der Waals surface area contributed by atoms with E-state index in [-0.39, 0.29) is 18.1 Å². The molecule has 1 spiro atoms. The minimum Gasteiger partial charge on any atom is -0.345 e. The zero-order chi connectivity index (χ0) is 18.5. The zero-order valence-corrected chi connectivity index (χ0v) is 14.4. The molecule has 1 atom stereocenters. The number of para-hydroxylation sites is 1. The Morgan fingerprint density at radius 2 is 1.92 bits per heavy atom. The lowest BCUT2D eigenvalue weighted by atomic mass is 9.77. The molecule has 4 rings (SSSR count). The SMILES string of the molecule is CN1CC[C@@]2(CN(C(=O)c3ccc4ccccc4n3)CC(F)(F)C2)C1=O. The van der Waals surface area contributed by atoms with E-state index < -0.39 is 30.2 Å². The summed E-state index contributed by atoms with van der Waals surface area (Å²) in [5, 5.41) is 0.872. The molecule has 2 aliphatic rings. The third kappa shape index (κ3) is 2.71. The molecule has 1 aromatic heterocycles. The Morgan fingerprint density at radius 1 is 1.15 bits per heavy atom. The molecular weight excluding hydrogens is 340 g/mol. The first kappa shape index (κ1) is 16.9. The maximum atomic E-state index is 14.4. The van der Waals surface area contributed by atoms with Gasteiger partial charge in [0.15, 0.2) is 0 Å². The molecule has 1 aromatic carbocycles. The van der Waals surface area contributed by atoms with Crippen molar-refractivity contribution in [2.24, 2.45) is 5.41 Å². The summed E-state index contributed by atoms with van der Waals surface area (Å²) in [7, 11) is 1.61. The summed E-state index contributed by atoms with van der Waals surface area (Å²) in [6.07, 6.45) is -0.162. The molecule has 136 valence electrons. The predicted molar refractivity (Wildman–Crippen MR) is 91.9 cm³/mol. The first-order valence-electron chi connectivity index (χ1n) is 8.58. The van der Waals surface area contributed by atoms with Crippen molar-refractivity contribution in [2.75, 3.05) is 26.7 Å².